The molecule has 0 aromatic rings. The molecule has 2 N–H and O–H groups in total. The summed E-state index contributed by atoms with van der Waals surface area (Å²) in [6, 6.07) is 0. The molecular formula is C14H28F3IN4O. The molecule has 0 radical (unpaired) electrons. The smallest absolute Gasteiger partial charge is 0.356 e. The van der Waals surface area contributed by atoms with Crippen molar-refractivity contribution in [2.24, 2.45) is 4.99 Å². The number of nitrogens with zero attached hydrogens (tertiary/aromatic N) is 2. The Bertz CT molecular complexity index is 349. The van der Waals surface area contributed by atoms with Crippen LogP contribution in [0.1, 0.15) is 39.0 Å². The van der Waals surface area contributed by atoms with E-state index in [0.29, 0.717) is 25.5 Å². The molecule has 0 rings (SSSR count). The standard InChI is InChI=1S/C14H27F3N4O.HI/c1-4-5-9-18-13(20-11-12(22)21(2)3)19-10-7-6-8-14(15,16)17;/h4-11H2,1-3H3,(H2,18,19,20);1H. The maximum Gasteiger partial charge on any atom is 0.389 e. The van der Waals surface area contributed by atoms with Crippen LogP contribution in [0.4, 0.5) is 13.2 Å². The molecule has 0 aliphatic carbocycles. The van der Waals surface area contributed by atoms with Gasteiger partial charge in [-0.2, -0.15) is 13.2 Å². The number of guanidine groups is 1. The van der Waals surface area contributed by atoms with Crippen molar-refractivity contribution >= 4 is 35.8 Å². The summed E-state index contributed by atoms with van der Waals surface area (Å²) in [6.07, 6.45) is -2.43. The van der Waals surface area contributed by atoms with Crippen molar-refractivity contribution in [2.75, 3.05) is 33.7 Å². The van der Waals surface area contributed by atoms with E-state index in [4.69, 9.17) is 0 Å². The van der Waals surface area contributed by atoms with E-state index in [0.717, 1.165) is 12.8 Å². The summed E-state index contributed by atoms with van der Waals surface area (Å²) < 4.78 is 36.1. The molecule has 0 saturated heterocycles. The lowest BCUT2D eigenvalue weighted by atomic mass is 10.2. The Morgan fingerprint density at radius 2 is 1.65 bits per heavy atom. The first kappa shape index (κ1) is 24.5. The molecule has 0 unspecified atom stereocenters. The van der Waals surface area contributed by atoms with Gasteiger partial charge in [-0.1, -0.05) is 13.3 Å². The number of unbranched alkanes of at least 4 members (excludes halogenated alkanes) is 2. The van der Waals surface area contributed by atoms with Gasteiger partial charge in [-0.25, -0.2) is 4.99 Å². The van der Waals surface area contributed by atoms with E-state index in [1.54, 1.807) is 14.1 Å². The lowest BCUT2D eigenvalue weighted by Gasteiger charge is -2.13. The van der Waals surface area contributed by atoms with E-state index in [1.165, 1.54) is 4.90 Å². The molecule has 0 spiro atoms. The third kappa shape index (κ3) is 15.9. The van der Waals surface area contributed by atoms with Gasteiger partial charge in [-0.15, -0.1) is 24.0 Å². The van der Waals surface area contributed by atoms with Crippen molar-refractivity contribution in [3.63, 3.8) is 0 Å². The number of alkyl halides is 3. The van der Waals surface area contributed by atoms with Crippen molar-refractivity contribution in [2.45, 2.75) is 45.2 Å². The molecule has 1 amide bonds. The largest absolute Gasteiger partial charge is 0.389 e. The van der Waals surface area contributed by atoms with Gasteiger partial charge >= 0.3 is 6.18 Å². The summed E-state index contributed by atoms with van der Waals surface area (Å²) in [5.74, 6) is 0.337. The van der Waals surface area contributed by atoms with Crippen molar-refractivity contribution in [1.82, 2.24) is 15.5 Å². The topological polar surface area (TPSA) is 56.7 Å². The van der Waals surface area contributed by atoms with Crippen LogP contribution in [0.5, 0.6) is 0 Å². The number of nitrogens with one attached hydrogen (secondary N) is 2. The fraction of sp³-hybridized carbons (Fsp3) is 0.857. The minimum atomic E-state index is -4.10. The van der Waals surface area contributed by atoms with Crippen LogP contribution >= 0.6 is 24.0 Å². The number of hydrogen-bond acceptors (Lipinski definition) is 2. The first-order valence-corrected chi connectivity index (χ1v) is 7.55. The fourth-order valence-electron chi connectivity index (χ4n) is 1.50. The molecule has 23 heavy (non-hydrogen) atoms. The van der Waals surface area contributed by atoms with Gasteiger partial charge in [0.25, 0.3) is 0 Å². The van der Waals surface area contributed by atoms with Crippen LogP contribution < -0.4 is 10.6 Å². The van der Waals surface area contributed by atoms with Gasteiger partial charge in [0.05, 0.1) is 0 Å². The summed E-state index contributed by atoms with van der Waals surface area (Å²) in [4.78, 5) is 17.1. The average molecular weight is 452 g/mol. The van der Waals surface area contributed by atoms with Gasteiger partial charge in [-0.3, -0.25) is 4.79 Å². The molecule has 0 aliphatic rings. The van der Waals surface area contributed by atoms with Gasteiger partial charge in [0.2, 0.25) is 5.91 Å². The zero-order valence-electron chi connectivity index (χ0n) is 14.0. The Labute approximate surface area is 153 Å². The van der Waals surface area contributed by atoms with E-state index in [2.05, 4.69) is 22.5 Å². The number of halogens is 4. The Morgan fingerprint density at radius 1 is 1.09 bits per heavy atom. The zero-order valence-corrected chi connectivity index (χ0v) is 16.3. The third-order valence-corrected chi connectivity index (χ3v) is 2.87. The van der Waals surface area contributed by atoms with Crippen LogP contribution in [0.25, 0.3) is 0 Å². The van der Waals surface area contributed by atoms with Crippen molar-refractivity contribution in [1.29, 1.82) is 0 Å². The van der Waals surface area contributed by atoms with E-state index in [1.807, 2.05) is 0 Å². The summed E-state index contributed by atoms with van der Waals surface area (Å²) >= 11 is 0. The van der Waals surface area contributed by atoms with Crippen molar-refractivity contribution < 1.29 is 18.0 Å². The molecule has 0 saturated carbocycles. The number of hydrogen-bond donors (Lipinski definition) is 2. The molecule has 9 heteroatoms. The third-order valence-electron chi connectivity index (χ3n) is 2.87. The van der Waals surface area contributed by atoms with E-state index < -0.39 is 12.6 Å². The Morgan fingerprint density at radius 3 is 2.13 bits per heavy atom. The average Bonchev–Trinajstić information content (AvgIpc) is 2.42. The van der Waals surface area contributed by atoms with Crippen molar-refractivity contribution in [3.8, 4) is 0 Å². The highest BCUT2D eigenvalue weighted by Crippen LogP contribution is 2.21. The number of likely N-dealkylation sites (N-methyl/N-ethyl adjacent to an activating group) is 1. The Hall–Kier alpha value is -0.740. The fourth-order valence-corrected chi connectivity index (χ4v) is 1.50. The highest BCUT2D eigenvalue weighted by molar-refractivity contribution is 14.0. The summed E-state index contributed by atoms with van der Waals surface area (Å²) in [6.45, 7) is 3.17. The molecular weight excluding hydrogens is 424 g/mol. The van der Waals surface area contributed by atoms with Crippen LogP contribution in [-0.2, 0) is 4.79 Å². The number of carbonyl (C=O) groups is 1. The lowest BCUT2D eigenvalue weighted by molar-refractivity contribution is -0.135. The quantitative estimate of drug-likeness (QED) is 0.245. The van der Waals surface area contributed by atoms with Gasteiger partial charge in [0, 0.05) is 33.6 Å². The second-order valence-electron chi connectivity index (χ2n) is 5.23. The van der Waals surface area contributed by atoms with Crippen LogP contribution in [0.15, 0.2) is 4.99 Å². The summed E-state index contributed by atoms with van der Waals surface area (Å²) in [7, 11) is 3.29. The first-order valence-electron chi connectivity index (χ1n) is 7.55. The first-order chi connectivity index (χ1) is 10.3. The maximum atomic E-state index is 12.0. The molecule has 0 aromatic carbocycles. The second-order valence-corrected chi connectivity index (χ2v) is 5.23. The predicted molar refractivity (Wildman–Crippen MR) is 97.2 cm³/mol. The maximum absolute atomic E-state index is 12.0. The molecule has 138 valence electrons. The zero-order chi connectivity index (χ0) is 17.0. The van der Waals surface area contributed by atoms with Gasteiger partial charge in [0.15, 0.2) is 5.96 Å². The van der Waals surface area contributed by atoms with E-state index in [-0.39, 0.29) is 42.8 Å². The molecule has 0 aliphatic heterocycles. The molecule has 0 atom stereocenters. The second kappa shape index (κ2) is 13.7. The van der Waals surface area contributed by atoms with Crippen LogP contribution in [0.3, 0.4) is 0 Å². The minimum Gasteiger partial charge on any atom is -0.356 e. The number of carbonyl (C=O) groups excluding carboxylic acids is 1. The highest BCUT2D eigenvalue weighted by atomic mass is 127. The van der Waals surface area contributed by atoms with E-state index >= 15 is 0 Å². The van der Waals surface area contributed by atoms with Crippen LogP contribution in [0, 0.1) is 0 Å². The van der Waals surface area contributed by atoms with Crippen molar-refractivity contribution in [3.05, 3.63) is 0 Å². The number of amides is 1. The summed E-state index contributed by atoms with van der Waals surface area (Å²) in [5.41, 5.74) is 0. The van der Waals surface area contributed by atoms with E-state index in [9.17, 15) is 18.0 Å². The number of rotatable bonds is 9. The number of aliphatic imine (C=N–C) groups is 1. The van der Waals surface area contributed by atoms with Gasteiger partial charge in [-0.05, 0) is 19.3 Å². The molecule has 0 fully saturated rings. The monoisotopic (exact) mass is 452 g/mol. The molecule has 5 nitrogen and oxygen atoms in total. The SMILES string of the molecule is CCCCNC(=NCC(=O)N(C)C)NCCCCC(F)(F)F.I. The van der Waals surface area contributed by atoms with Gasteiger partial charge < -0.3 is 15.5 Å². The Kier molecular flexibility index (Phi) is 14.6. The lowest BCUT2D eigenvalue weighted by Crippen LogP contribution is -2.39. The Balaban J connectivity index is 0. The molecule has 0 aromatic heterocycles. The molecule has 0 bridgehead atoms. The van der Waals surface area contributed by atoms with Gasteiger partial charge in [0.1, 0.15) is 6.54 Å². The normalized spacial score (nSPS) is 11.7. The predicted octanol–water partition coefficient (Wildman–Crippen LogP) is 2.76. The highest BCUT2D eigenvalue weighted by Gasteiger charge is 2.25. The van der Waals surface area contributed by atoms with Crippen LogP contribution in [0.2, 0.25) is 0 Å². The minimum absolute atomic E-state index is 0. The molecule has 0 heterocycles. The summed E-state index contributed by atoms with van der Waals surface area (Å²) in [5, 5.41) is 6.03. The van der Waals surface area contributed by atoms with Crippen LogP contribution in [-0.4, -0.2) is 56.7 Å².